The van der Waals surface area contributed by atoms with E-state index < -0.39 is 0 Å². The molecule has 0 atom stereocenters. The molecule has 4 aliphatic rings. The fraction of sp³-hybridized carbons (Fsp3) is 0.930. The normalized spacial score (nSPS) is 21.0. The molecule has 2 aromatic heterocycles. The highest BCUT2D eigenvalue weighted by atomic mass is 15.4. The maximum atomic E-state index is 5.68. The van der Waals surface area contributed by atoms with Crippen LogP contribution >= 0.6 is 0 Å². The van der Waals surface area contributed by atoms with E-state index in [4.69, 9.17) is 29.9 Å². The highest BCUT2D eigenvalue weighted by Gasteiger charge is 2.50. The minimum Gasteiger partial charge on any atom is -0.354 e. The van der Waals surface area contributed by atoms with E-state index in [9.17, 15) is 0 Å². The number of aromatic nitrogens is 6. The Balaban J connectivity index is 1.28. The summed E-state index contributed by atoms with van der Waals surface area (Å²) in [6, 6.07) is 1.21. The summed E-state index contributed by atoms with van der Waals surface area (Å²) in [5.74, 6) is 4.82. The van der Waals surface area contributed by atoms with Crippen molar-refractivity contribution in [3.8, 4) is 0 Å². The Kier molecular flexibility index (Phi) is 34.7. The molecule has 0 saturated carbocycles. The van der Waals surface area contributed by atoms with Gasteiger partial charge < -0.3 is 35.1 Å². The lowest BCUT2D eigenvalue weighted by atomic mass is 9.77. The van der Waals surface area contributed by atoms with E-state index >= 15 is 0 Å². The van der Waals surface area contributed by atoms with Gasteiger partial charge in [0.05, 0.1) is 0 Å². The van der Waals surface area contributed by atoms with E-state index in [0.717, 1.165) is 210 Å². The van der Waals surface area contributed by atoms with E-state index in [1.807, 2.05) is 0 Å². The fourth-order valence-corrected chi connectivity index (χ4v) is 18.9. The van der Waals surface area contributed by atoms with Crippen LogP contribution in [0.15, 0.2) is 0 Å². The van der Waals surface area contributed by atoms with Crippen molar-refractivity contribution in [2.24, 2.45) is 0 Å². The molecular formula is C86H167N17. The van der Waals surface area contributed by atoms with Crippen molar-refractivity contribution in [3.05, 3.63) is 0 Å². The summed E-state index contributed by atoms with van der Waals surface area (Å²) in [6.45, 7) is 59.0. The highest BCUT2D eigenvalue weighted by Crippen LogP contribution is 2.45. The number of rotatable bonds is 47. The zero-order valence-corrected chi connectivity index (χ0v) is 72.4. The number of hydrogen-bond acceptors (Lipinski definition) is 17. The zero-order chi connectivity index (χ0) is 76.0. The van der Waals surface area contributed by atoms with Crippen molar-refractivity contribution in [3.63, 3.8) is 0 Å². The summed E-state index contributed by atoms with van der Waals surface area (Å²) in [7, 11) is 9.30. The van der Waals surface area contributed by atoms with Gasteiger partial charge in [0, 0.05) is 108 Å². The predicted octanol–water partition coefficient (Wildman–Crippen LogP) is 20.0. The average Bonchev–Trinajstić information content (AvgIpc) is 0.788. The van der Waals surface area contributed by atoms with Gasteiger partial charge in [-0.05, 0) is 255 Å². The molecule has 0 aromatic carbocycles. The van der Waals surface area contributed by atoms with Crippen LogP contribution in [0, 0.1) is 0 Å². The number of nitrogens with one attached hydrogen (secondary N) is 2. The second-order valence-electron chi connectivity index (χ2n) is 38.4. The smallest absolute Gasteiger partial charge is 0.232 e. The van der Waals surface area contributed by atoms with Crippen LogP contribution in [0.3, 0.4) is 0 Å². The average molecular weight is 1440 g/mol. The quantitative estimate of drug-likeness (QED) is 0.0609. The van der Waals surface area contributed by atoms with Gasteiger partial charge in [-0.25, -0.2) is 0 Å². The van der Waals surface area contributed by atoms with Gasteiger partial charge in [0.2, 0.25) is 35.7 Å². The Bertz CT molecular complexity index is 2340. The number of unbranched alkanes of at least 4 members (excludes halogenated alkanes) is 19. The standard InChI is InChI=1S/C86H167N17/c1-26-31-36-37-38-39-40-41-42-43-44-45-46-47-48-49-54-99(55-50-52-87-73-89-75(100(57-32-27-2)69-61-79(6,7)95(22)80(8,9)62-69)93-76(90-73)101(58-33-28-3)70-63-81(10,11)96(23)82(12,13)64-70)56-51-53-88-74-91-77(102(59-34-29-4)71-65-83(14,15)97(24)84(16,17)66-71)94-78(92-74)103(60-35-30-5)72-67-85(18,19)98(25)86(20,21)68-72/h69-72H,26-68H2,1-25H3,(H,87,89,90,93)(H,88,91,92,94). The van der Waals surface area contributed by atoms with Crippen molar-refractivity contribution in [1.29, 1.82) is 0 Å². The highest BCUT2D eigenvalue weighted by molar-refractivity contribution is 5.49. The molecule has 103 heavy (non-hydrogen) atoms. The minimum absolute atomic E-state index is 0.0233. The van der Waals surface area contributed by atoms with Crippen molar-refractivity contribution in [2.75, 3.05) is 117 Å². The number of nitrogens with zero attached hydrogens (tertiary/aromatic N) is 15. The summed E-state index contributed by atoms with van der Waals surface area (Å²) >= 11 is 0. The zero-order valence-electron chi connectivity index (χ0n) is 72.4. The maximum absolute atomic E-state index is 5.68. The van der Waals surface area contributed by atoms with Crippen LogP contribution in [0.5, 0.6) is 0 Å². The van der Waals surface area contributed by atoms with Crippen LogP contribution in [0.1, 0.15) is 364 Å². The molecule has 0 aliphatic carbocycles. The van der Waals surface area contributed by atoms with Crippen LogP contribution < -0.4 is 30.2 Å². The van der Waals surface area contributed by atoms with E-state index in [0.29, 0.717) is 24.2 Å². The molecule has 0 amide bonds. The van der Waals surface area contributed by atoms with Gasteiger partial charge in [-0.3, -0.25) is 19.6 Å². The Morgan fingerprint density at radius 2 is 0.456 bits per heavy atom. The topological polar surface area (TPSA) is 131 Å². The number of likely N-dealkylation sites (tertiary alicyclic amines) is 4. The molecule has 4 saturated heterocycles. The third-order valence-corrected chi connectivity index (χ3v) is 26.4. The van der Waals surface area contributed by atoms with Gasteiger partial charge in [-0.2, -0.15) is 29.9 Å². The lowest BCUT2D eigenvalue weighted by Crippen LogP contribution is -2.63. The Morgan fingerprint density at radius 1 is 0.262 bits per heavy atom. The first-order chi connectivity index (χ1) is 48.5. The molecule has 0 bridgehead atoms. The molecule has 596 valence electrons. The first-order valence-electron chi connectivity index (χ1n) is 43.2. The number of anilines is 6. The van der Waals surface area contributed by atoms with Gasteiger partial charge in [0.1, 0.15) is 0 Å². The molecule has 17 nitrogen and oxygen atoms in total. The Labute approximate surface area is 636 Å². The number of piperidine rings is 4. The second kappa shape index (κ2) is 40.3. The summed E-state index contributed by atoms with van der Waals surface area (Å²) in [6.07, 6.45) is 41.4. The Morgan fingerprint density at radius 3 is 0.670 bits per heavy atom. The van der Waals surface area contributed by atoms with Crippen molar-refractivity contribution < 1.29 is 0 Å². The molecule has 2 N–H and O–H groups in total. The van der Waals surface area contributed by atoms with Crippen molar-refractivity contribution in [1.82, 2.24) is 54.4 Å². The van der Waals surface area contributed by atoms with Gasteiger partial charge >= 0.3 is 0 Å². The van der Waals surface area contributed by atoms with E-state index in [-0.39, 0.29) is 44.3 Å². The van der Waals surface area contributed by atoms with Crippen LogP contribution in [0.25, 0.3) is 0 Å². The van der Waals surface area contributed by atoms with Crippen molar-refractivity contribution >= 4 is 35.7 Å². The van der Waals surface area contributed by atoms with Crippen LogP contribution in [-0.4, -0.2) is 210 Å². The first-order valence-corrected chi connectivity index (χ1v) is 43.2. The molecule has 4 fully saturated rings. The van der Waals surface area contributed by atoms with E-state index in [1.54, 1.807) is 0 Å². The predicted molar refractivity (Wildman–Crippen MR) is 447 cm³/mol. The largest absolute Gasteiger partial charge is 0.354 e. The van der Waals surface area contributed by atoms with Crippen LogP contribution in [0.4, 0.5) is 35.7 Å². The van der Waals surface area contributed by atoms with Gasteiger partial charge in [-0.1, -0.05) is 157 Å². The van der Waals surface area contributed by atoms with Gasteiger partial charge in [-0.15, -0.1) is 0 Å². The van der Waals surface area contributed by atoms with Crippen LogP contribution in [-0.2, 0) is 0 Å². The minimum atomic E-state index is 0.0233. The summed E-state index contributed by atoms with van der Waals surface area (Å²) in [5, 5.41) is 7.83. The lowest BCUT2D eigenvalue weighted by molar-refractivity contribution is -0.0135. The van der Waals surface area contributed by atoms with Gasteiger partial charge in [0.15, 0.2) is 0 Å². The molecule has 4 aliphatic heterocycles. The SMILES string of the molecule is CCCCCCCCCCCCCCCCCCN(CCCNc1nc(N(CCCC)C2CC(C)(C)N(C)C(C)(C)C2)nc(N(CCCC)C2CC(C)(C)N(C)C(C)(C)C2)n1)CCCNc1nc(N(CCCC)C2CC(C)(C)N(C)C(C)(C)C2)nc(N(CCCC)C2CC(C)(C)N(C)C(C)(C)C2)n1. The Hall–Kier alpha value is -3.38. The molecule has 0 unspecified atom stereocenters. The molecule has 0 spiro atoms. The first kappa shape index (κ1) is 88.5. The number of hydrogen-bond donors (Lipinski definition) is 2. The lowest BCUT2D eigenvalue weighted by Gasteiger charge is -2.56. The summed E-state index contributed by atoms with van der Waals surface area (Å²) in [5.41, 5.74) is 0.187. The molecule has 2 aromatic rings. The van der Waals surface area contributed by atoms with E-state index in [1.165, 1.54) is 103 Å². The third kappa shape index (κ3) is 25.9. The molecule has 6 rings (SSSR count). The molecule has 6 heterocycles. The third-order valence-electron chi connectivity index (χ3n) is 26.4. The molecule has 17 heteroatoms. The summed E-state index contributed by atoms with van der Waals surface area (Å²) < 4.78 is 0. The van der Waals surface area contributed by atoms with Crippen molar-refractivity contribution in [2.45, 2.75) is 432 Å². The summed E-state index contributed by atoms with van der Waals surface area (Å²) in [4.78, 5) is 57.1. The van der Waals surface area contributed by atoms with Crippen LogP contribution in [0.2, 0.25) is 0 Å². The van der Waals surface area contributed by atoms with E-state index in [2.05, 4.69) is 228 Å². The molecule has 0 radical (unpaired) electrons. The second-order valence-corrected chi connectivity index (χ2v) is 38.4. The fourth-order valence-electron chi connectivity index (χ4n) is 18.9. The van der Waals surface area contributed by atoms with Gasteiger partial charge in [0.25, 0.3) is 0 Å². The maximum Gasteiger partial charge on any atom is 0.232 e. The molecular weight excluding hydrogens is 1270 g/mol. The monoisotopic (exact) mass is 1440 g/mol.